The number of rotatable bonds is 6. The lowest BCUT2D eigenvalue weighted by Crippen LogP contribution is -2.35. The number of piperidine rings is 1. The fourth-order valence-electron chi connectivity index (χ4n) is 2.77. The molecule has 0 bridgehead atoms. The number of likely N-dealkylation sites (tertiary alicyclic amines) is 1. The van der Waals surface area contributed by atoms with Gasteiger partial charge < -0.3 is 10.2 Å². The van der Waals surface area contributed by atoms with E-state index in [1.54, 1.807) is 0 Å². The van der Waals surface area contributed by atoms with E-state index < -0.39 is 0 Å². The first-order valence-corrected chi connectivity index (χ1v) is 8.18. The zero-order valence-electron chi connectivity index (χ0n) is 13.4. The minimum absolute atomic E-state index is 0.131. The van der Waals surface area contributed by atoms with E-state index in [-0.39, 0.29) is 5.91 Å². The first kappa shape index (κ1) is 16.0. The Morgan fingerprint density at radius 2 is 1.90 bits per heavy atom. The largest absolute Gasteiger partial charge is 0.356 e. The summed E-state index contributed by atoms with van der Waals surface area (Å²) in [5.74, 6) is 1.02. The highest BCUT2D eigenvalue weighted by Crippen LogP contribution is 2.15. The lowest BCUT2D eigenvalue weighted by Gasteiger charge is -2.30. The second kappa shape index (κ2) is 8.18. The Bertz CT molecular complexity index is 433. The lowest BCUT2D eigenvalue weighted by atomic mass is 9.99. The summed E-state index contributed by atoms with van der Waals surface area (Å²) in [6, 6.07) is 8.17. The van der Waals surface area contributed by atoms with Gasteiger partial charge in [-0.15, -0.1) is 0 Å². The van der Waals surface area contributed by atoms with Gasteiger partial charge in [0.15, 0.2) is 0 Å². The highest BCUT2D eigenvalue weighted by molar-refractivity contribution is 5.78. The number of carbonyl (C=O) groups is 1. The normalized spacial score (nSPS) is 16.9. The van der Waals surface area contributed by atoms with Crippen molar-refractivity contribution in [3.05, 3.63) is 35.4 Å². The zero-order valence-corrected chi connectivity index (χ0v) is 13.4. The summed E-state index contributed by atoms with van der Waals surface area (Å²) in [6.45, 7) is 8.74. The molecule has 1 heterocycles. The Morgan fingerprint density at radius 3 is 2.57 bits per heavy atom. The average Bonchev–Trinajstić information content (AvgIpc) is 2.48. The van der Waals surface area contributed by atoms with Crippen molar-refractivity contribution in [2.75, 3.05) is 26.2 Å². The van der Waals surface area contributed by atoms with E-state index in [1.165, 1.54) is 31.5 Å². The van der Waals surface area contributed by atoms with Crippen LogP contribution in [0.2, 0.25) is 0 Å². The molecule has 1 aromatic carbocycles. The number of aryl methyl sites for hydroxylation is 1. The van der Waals surface area contributed by atoms with E-state index in [0.717, 1.165) is 31.0 Å². The predicted octanol–water partition coefficient (Wildman–Crippen LogP) is 2.78. The molecule has 0 radical (unpaired) electrons. The first-order valence-electron chi connectivity index (χ1n) is 8.18. The molecule has 1 saturated heterocycles. The quantitative estimate of drug-likeness (QED) is 0.816. The van der Waals surface area contributed by atoms with Crippen molar-refractivity contribution in [2.45, 2.75) is 39.5 Å². The van der Waals surface area contributed by atoms with Crippen molar-refractivity contribution >= 4 is 5.91 Å². The van der Waals surface area contributed by atoms with Crippen LogP contribution in [-0.2, 0) is 11.2 Å². The SMILES string of the molecule is Cc1ccc(CC(=O)NCCCN2CCC(C)CC2)cc1. The molecule has 1 aliphatic heterocycles. The summed E-state index contributed by atoms with van der Waals surface area (Å²) in [4.78, 5) is 14.4. The fourth-order valence-corrected chi connectivity index (χ4v) is 2.77. The van der Waals surface area contributed by atoms with Crippen LogP contribution in [0.5, 0.6) is 0 Å². The number of hydrogen-bond acceptors (Lipinski definition) is 2. The Kier molecular flexibility index (Phi) is 6.24. The maximum atomic E-state index is 11.9. The molecule has 1 fully saturated rings. The maximum absolute atomic E-state index is 11.9. The highest BCUT2D eigenvalue weighted by Gasteiger charge is 2.14. The summed E-state index contributed by atoms with van der Waals surface area (Å²) in [5, 5.41) is 3.03. The molecule has 2 rings (SSSR count). The van der Waals surface area contributed by atoms with Gasteiger partial charge in [0.25, 0.3) is 0 Å². The van der Waals surface area contributed by atoms with E-state index in [9.17, 15) is 4.79 Å². The Balaban J connectivity index is 1.58. The van der Waals surface area contributed by atoms with Crippen LogP contribution in [0.4, 0.5) is 0 Å². The summed E-state index contributed by atoms with van der Waals surface area (Å²) < 4.78 is 0. The Labute approximate surface area is 128 Å². The van der Waals surface area contributed by atoms with Crippen LogP contribution in [0, 0.1) is 12.8 Å². The van der Waals surface area contributed by atoms with Crippen molar-refractivity contribution in [3.63, 3.8) is 0 Å². The monoisotopic (exact) mass is 288 g/mol. The molecule has 0 saturated carbocycles. The van der Waals surface area contributed by atoms with E-state index in [1.807, 2.05) is 12.1 Å². The van der Waals surface area contributed by atoms with Crippen molar-refractivity contribution in [1.82, 2.24) is 10.2 Å². The van der Waals surface area contributed by atoms with Gasteiger partial charge in [-0.2, -0.15) is 0 Å². The van der Waals surface area contributed by atoms with Gasteiger partial charge in [-0.25, -0.2) is 0 Å². The van der Waals surface area contributed by atoms with Crippen LogP contribution >= 0.6 is 0 Å². The third-order valence-corrected chi connectivity index (χ3v) is 4.33. The molecule has 3 nitrogen and oxygen atoms in total. The molecule has 0 aliphatic carbocycles. The van der Waals surface area contributed by atoms with Gasteiger partial charge in [0, 0.05) is 6.54 Å². The van der Waals surface area contributed by atoms with Crippen LogP contribution in [0.15, 0.2) is 24.3 Å². The van der Waals surface area contributed by atoms with E-state index >= 15 is 0 Å². The fraction of sp³-hybridized carbons (Fsp3) is 0.611. The molecule has 0 spiro atoms. The average molecular weight is 288 g/mol. The summed E-state index contributed by atoms with van der Waals surface area (Å²) >= 11 is 0. The smallest absolute Gasteiger partial charge is 0.224 e. The Hall–Kier alpha value is -1.35. The standard InChI is InChI=1S/C18H28N2O/c1-15-4-6-17(7-5-15)14-18(21)19-10-3-11-20-12-8-16(2)9-13-20/h4-7,16H,3,8-14H2,1-2H3,(H,19,21). The first-order chi connectivity index (χ1) is 10.1. The second-order valence-electron chi connectivity index (χ2n) is 6.39. The number of amides is 1. The molecule has 0 aromatic heterocycles. The lowest BCUT2D eigenvalue weighted by molar-refractivity contribution is -0.120. The van der Waals surface area contributed by atoms with Crippen LogP contribution < -0.4 is 5.32 Å². The molecule has 0 atom stereocenters. The van der Waals surface area contributed by atoms with Gasteiger partial charge >= 0.3 is 0 Å². The minimum Gasteiger partial charge on any atom is -0.356 e. The van der Waals surface area contributed by atoms with Gasteiger partial charge in [-0.3, -0.25) is 4.79 Å². The van der Waals surface area contributed by atoms with Gasteiger partial charge in [0.2, 0.25) is 5.91 Å². The van der Waals surface area contributed by atoms with Crippen molar-refractivity contribution < 1.29 is 4.79 Å². The number of nitrogens with zero attached hydrogens (tertiary/aromatic N) is 1. The maximum Gasteiger partial charge on any atom is 0.224 e. The van der Waals surface area contributed by atoms with Crippen LogP contribution in [0.1, 0.15) is 37.3 Å². The summed E-state index contributed by atoms with van der Waals surface area (Å²) in [7, 11) is 0. The number of carbonyl (C=O) groups excluding carboxylic acids is 1. The molecule has 1 N–H and O–H groups in total. The van der Waals surface area contributed by atoms with Crippen molar-refractivity contribution in [3.8, 4) is 0 Å². The molecule has 116 valence electrons. The zero-order chi connectivity index (χ0) is 15.1. The molecule has 1 aliphatic rings. The predicted molar refractivity (Wildman–Crippen MR) is 87.3 cm³/mol. The van der Waals surface area contributed by atoms with Crippen molar-refractivity contribution in [1.29, 1.82) is 0 Å². The van der Waals surface area contributed by atoms with E-state index in [2.05, 4.69) is 36.2 Å². The molecule has 21 heavy (non-hydrogen) atoms. The molecule has 1 amide bonds. The van der Waals surface area contributed by atoms with Crippen LogP contribution in [-0.4, -0.2) is 37.0 Å². The molecule has 0 unspecified atom stereocenters. The molecule has 3 heteroatoms. The summed E-state index contributed by atoms with van der Waals surface area (Å²) in [6.07, 6.45) is 4.18. The Morgan fingerprint density at radius 1 is 1.24 bits per heavy atom. The minimum atomic E-state index is 0.131. The van der Waals surface area contributed by atoms with Gasteiger partial charge in [0.05, 0.1) is 6.42 Å². The van der Waals surface area contributed by atoms with Gasteiger partial charge in [-0.1, -0.05) is 36.8 Å². The third kappa shape index (κ3) is 5.88. The highest BCUT2D eigenvalue weighted by atomic mass is 16.1. The van der Waals surface area contributed by atoms with E-state index in [0.29, 0.717) is 6.42 Å². The van der Waals surface area contributed by atoms with Crippen molar-refractivity contribution in [2.24, 2.45) is 5.92 Å². The van der Waals surface area contributed by atoms with E-state index in [4.69, 9.17) is 0 Å². The second-order valence-corrected chi connectivity index (χ2v) is 6.39. The molecular formula is C18H28N2O. The third-order valence-electron chi connectivity index (χ3n) is 4.33. The topological polar surface area (TPSA) is 32.3 Å². The molecular weight excluding hydrogens is 260 g/mol. The van der Waals surface area contributed by atoms with Crippen LogP contribution in [0.25, 0.3) is 0 Å². The number of hydrogen-bond donors (Lipinski definition) is 1. The molecule has 1 aromatic rings. The number of benzene rings is 1. The van der Waals surface area contributed by atoms with Gasteiger partial charge in [0.1, 0.15) is 0 Å². The number of nitrogens with one attached hydrogen (secondary N) is 1. The summed E-state index contributed by atoms with van der Waals surface area (Å²) in [5.41, 5.74) is 2.32. The van der Waals surface area contributed by atoms with Gasteiger partial charge in [-0.05, 0) is 57.3 Å². The van der Waals surface area contributed by atoms with Crippen LogP contribution in [0.3, 0.4) is 0 Å².